The summed E-state index contributed by atoms with van der Waals surface area (Å²) in [5.41, 5.74) is 1.86. The Hall–Kier alpha value is -3.35. The minimum absolute atomic E-state index is 0.0224. The molecule has 7 heteroatoms. The Bertz CT molecular complexity index is 1050. The molecule has 1 N–H and O–H groups in total. The first-order valence-electron chi connectivity index (χ1n) is 10.9. The summed E-state index contributed by atoms with van der Waals surface area (Å²) in [6.07, 6.45) is 1.88. The van der Waals surface area contributed by atoms with Gasteiger partial charge < -0.3 is 14.2 Å². The molecule has 0 spiro atoms. The maximum absolute atomic E-state index is 13.0. The Morgan fingerprint density at radius 1 is 1.13 bits per heavy atom. The van der Waals surface area contributed by atoms with Gasteiger partial charge in [0.05, 0.1) is 30.0 Å². The number of imidazole rings is 1. The molecule has 1 aliphatic rings. The number of rotatable bonds is 7. The highest BCUT2D eigenvalue weighted by atomic mass is 16.5. The van der Waals surface area contributed by atoms with Gasteiger partial charge in [-0.2, -0.15) is 0 Å². The van der Waals surface area contributed by atoms with Gasteiger partial charge in [-0.15, -0.1) is 0 Å². The monoisotopic (exact) mass is 420 g/mol. The number of aromatic nitrogens is 2. The molecule has 2 aromatic carbocycles. The highest BCUT2D eigenvalue weighted by Gasteiger charge is 2.29. The van der Waals surface area contributed by atoms with Gasteiger partial charge >= 0.3 is 0 Å². The molecular formula is C24H28N4O3. The van der Waals surface area contributed by atoms with E-state index in [4.69, 9.17) is 4.74 Å². The summed E-state index contributed by atoms with van der Waals surface area (Å²) in [7, 11) is 0. The Balaban J connectivity index is 1.34. The molecule has 1 aromatic heterocycles. The highest BCUT2D eigenvalue weighted by molar-refractivity contribution is 5.93. The molecule has 1 saturated heterocycles. The van der Waals surface area contributed by atoms with Crippen molar-refractivity contribution >= 4 is 28.8 Å². The highest BCUT2D eigenvalue weighted by Crippen LogP contribution is 2.22. The molecule has 0 radical (unpaired) electrons. The number of anilines is 1. The Kier molecular flexibility index (Phi) is 6.50. The van der Waals surface area contributed by atoms with E-state index < -0.39 is 0 Å². The number of benzene rings is 2. The summed E-state index contributed by atoms with van der Waals surface area (Å²) >= 11 is 0. The quantitative estimate of drug-likeness (QED) is 0.632. The van der Waals surface area contributed by atoms with Crippen LogP contribution in [0, 0.1) is 5.92 Å². The minimum atomic E-state index is -0.238. The van der Waals surface area contributed by atoms with Gasteiger partial charge in [-0.05, 0) is 44.0 Å². The SMILES string of the molecule is CCn1c(NC(=O)C2CCCN(C(=O)CCOc3ccccc3)C2)nc2ccccc21. The third-order valence-corrected chi connectivity index (χ3v) is 5.68. The Morgan fingerprint density at radius 2 is 1.90 bits per heavy atom. The standard InChI is InChI=1S/C24H28N4O3/c1-2-28-21-13-7-6-12-20(21)25-24(28)26-23(30)18-9-8-15-27(17-18)22(29)14-16-31-19-10-4-3-5-11-19/h3-7,10-13,18H,2,8-9,14-17H2,1H3,(H,25,26,30). The second-order valence-electron chi connectivity index (χ2n) is 7.75. The summed E-state index contributed by atoms with van der Waals surface area (Å²) in [5.74, 6) is 1.02. The van der Waals surface area contributed by atoms with Crippen molar-refractivity contribution in [2.75, 3.05) is 25.0 Å². The maximum atomic E-state index is 13.0. The van der Waals surface area contributed by atoms with Crippen molar-refractivity contribution in [1.29, 1.82) is 0 Å². The number of likely N-dealkylation sites (tertiary alicyclic amines) is 1. The third-order valence-electron chi connectivity index (χ3n) is 5.68. The zero-order valence-corrected chi connectivity index (χ0v) is 17.8. The van der Waals surface area contributed by atoms with E-state index in [9.17, 15) is 9.59 Å². The van der Waals surface area contributed by atoms with E-state index in [0.29, 0.717) is 38.6 Å². The van der Waals surface area contributed by atoms with Gasteiger partial charge in [0.1, 0.15) is 5.75 Å². The Labute approximate surface area is 182 Å². The van der Waals surface area contributed by atoms with Crippen LogP contribution in [0.15, 0.2) is 54.6 Å². The molecule has 1 unspecified atom stereocenters. The molecule has 2 heterocycles. The van der Waals surface area contributed by atoms with E-state index in [1.165, 1.54) is 0 Å². The number of ether oxygens (including phenoxy) is 1. The zero-order chi connectivity index (χ0) is 21.6. The molecule has 1 fully saturated rings. The van der Waals surface area contributed by atoms with Crippen molar-refractivity contribution in [3.8, 4) is 5.75 Å². The first-order valence-corrected chi connectivity index (χ1v) is 10.9. The minimum Gasteiger partial charge on any atom is -0.493 e. The molecule has 0 saturated carbocycles. The van der Waals surface area contributed by atoms with E-state index in [-0.39, 0.29) is 17.7 Å². The van der Waals surface area contributed by atoms with Gasteiger partial charge in [-0.3, -0.25) is 14.9 Å². The fraction of sp³-hybridized carbons (Fsp3) is 0.375. The number of carbonyl (C=O) groups is 2. The molecule has 31 heavy (non-hydrogen) atoms. The lowest BCUT2D eigenvalue weighted by atomic mass is 9.97. The summed E-state index contributed by atoms with van der Waals surface area (Å²) in [6, 6.07) is 17.3. The van der Waals surface area contributed by atoms with Gasteiger partial charge in [0.15, 0.2) is 0 Å². The molecule has 1 aliphatic heterocycles. The number of aryl methyl sites for hydroxylation is 1. The smallest absolute Gasteiger partial charge is 0.231 e. The fourth-order valence-electron chi connectivity index (χ4n) is 4.05. The number of fused-ring (bicyclic) bond motifs is 1. The van der Waals surface area contributed by atoms with Crippen molar-refractivity contribution in [2.45, 2.75) is 32.7 Å². The number of para-hydroxylation sites is 3. The number of carbonyl (C=O) groups excluding carboxylic acids is 2. The third kappa shape index (κ3) is 4.87. The fourth-order valence-corrected chi connectivity index (χ4v) is 4.05. The maximum Gasteiger partial charge on any atom is 0.231 e. The van der Waals surface area contributed by atoms with Crippen LogP contribution in [0.5, 0.6) is 5.75 Å². The second-order valence-corrected chi connectivity index (χ2v) is 7.75. The van der Waals surface area contributed by atoms with Gasteiger partial charge in [-0.1, -0.05) is 30.3 Å². The van der Waals surface area contributed by atoms with Crippen LogP contribution in [0.25, 0.3) is 11.0 Å². The first kappa shape index (κ1) is 20.9. The zero-order valence-electron chi connectivity index (χ0n) is 17.8. The summed E-state index contributed by atoms with van der Waals surface area (Å²) < 4.78 is 7.64. The van der Waals surface area contributed by atoms with Gasteiger partial charge in [-0.25, -0.2) is 4.98 Å². The van der Waals surface area contributed by atoms with Crippen LogP contribution in [0.2, 0.25) is 0 Å². The van der Waals surface area contributed by atoms with Crippen LogP contribution in [0.4, 0.5) is 5.95 Å². The van der Waals surface area contributed by atoms with E-state index in [1.807, 2.05) is 66.1 Å². The molecule has 162 valence electrons. The molecule has 1 atom stereocenters. The molecule has 4 rings (SSSR count). The van der Waals surface area contributed by atoms with E-state index in [1.54, 1.807) is 4.90 Å². The number of nitrogens with zero attached hydrogens (tertiary/aromatic N) is 3. The predicted molar refractivity (Wildman–Crippen MR) is 120 cm³/mol. The normalized spacial score (nSPS) is 16.3. The summed E-state index contributed by atoms with van der Waals surface area (Å²) in [5, 5.41) is 3.00. The van der Waals surface area contributed by atoms with Crippen LogP contribution in [-0.4, -0.2) is 46.0 Å². The van der Waals surface area contributed by atoms with Gasteiger partial charge in [0, 0.05) is 19.6 Å². The molecule has 7 nitrogen and oxygen atoms in total. The number of amides is 2. The number of nitrogens with one attached hydrogen (secondary N) is 1. The Morgan fingerprint density at radius 3 is 2.71 bits per heavy atom. The number of piperidine rings is 1. The van der Waals surface area contributed by atoms with Gasteiger partial charge in [0.25, 0.3) is 0 Å². The van der Waals surface area contributed by atoms with Crippen LogP contribution in [0.1, 0.15) is 26.2 Å². The lowest BCUT2D eigenvalue weighted by Gasteiger charge is -2.32. The van der Waals surface area contributed by atoms with Crippen LogP contribution < -0.4 is 10.1 Å². The van der Waals surface area contributed by atoms with Crippen LogP contribution in [0.3, 0.4) is 0 Å². The lowest BCUT2D eigenvalue weighted by Crippen LogP contribution is -2.44. The van der Waals surface area contributed by atoms with E-state index in [0.717, 1.165) is 29.6 Å². The largest absolute Gasteiger partial charge is 0.493 e. The van der Waals surface area contributed by atoms with Crippen molar-refractivity contribution in [3.05, 3.63) is 54.6 Å². The number of hydrogen-bond acceptors (Lipinski definition) is 4. The molecule has 0 bridgehead atoms. The van der Waals surface area contributed by atoms with Gasteiger partial charge in [0.2, 0.25) is 17.8 Å². The average Bonchev–Trinajstić information content (AvgIpc) is 3.16. The van der Waals surface area contributed by atoms with Crippen molar-refractivity contribution in [2.24, 2.45) is 5.92 Å². The average molecular weight is 421 g/mol. The summed E-state index contributed by atoms with van der Waals surface area (Å²) in [6.45, 7) is 4.19. The van der Waals surface area contributed by atoms with Crippen LogP contribution in [-0.2, 0) is 16.1 Å². The first-order chi connectivity index (χ1) is 15.2. The van der Waals surface area contributed by atoms with E-state index in [2.05, 4.69) is 10.3 Å². The lowest BCUT2D eigenvalue weighted by molar-refractivity contribution is -0.135. The van der Waals surface area contributed by atoms with Crippen molar-refractivity contribution < 1.29 is 14.3 Å². The second kappa shape index (κ2) is 9.64. The molecular weight excluding hydrogens is 392 g/mol. The topological polar surface area (TPSA) is 76.5 Å². The number of hydrogen-bond donors (Lipinski definition) is 1. The van der Waals surface area contributed by atoms with Crippen LogP contribution >= 0.6 is 0 Å². The van der Waals surface area contributed by atoms with Crippen molar-refractivity contribution in [3.63, 3.8) is 0 Å². The molecule has 2 amide bonds. The van der Waals surface area contributed by atoms with Crippen molar-refractivity contribution in [1.82, 2.24) is 14.5 Å². The molecule has 0 aliphatic carbocycles. The van der Waals surface area contributed by atoms with E-state index >= 15 is 0 Å². The molecule has 3 aromatic rings. The predicted octanol–water partition coefficient (Wildman–Crippen LogP) is 3.70. The summed E-state index contributed by atoms with van der Waals surface area (Å²) in [4.78, 5) is 31.9.